The Morgan fingerprint density at radius 3 is 0.922 bits per heavy atom. The molecule has 0 aliphatic carbocycles. The Labute approximate surface area is 757 Å². The molecule has 3 aliphatic heterocycles. The maximum atomic E-state index is 15.6. The molecule has 0 radical (unpaired) electrons. The minimum Gasteiger partial charge on any atom is -0.370 e. The maximum absolute atomic E-state index is 15.6. The highest BCUT2D eigenvalue weighted by atomic mass is 16.2. The lowest BCUT2D eigenvalue weighted by Gasteiger charge is -2.32. The third kappa shape index (κ3) is 33.4. The van der Waals surface area contributed by atoms with Crippen LogP contribution in [-0.2, 0) is 94.4 Å². The van der Waals surface area contributed by atoms with Crippen LogP contribution < -0.4 is 87.2 Å². The lowest BCUT2D eigenvalue weighted by Crippen LogP contribution is -2.60. The van der Waals surface area contributed by atoms with E-state index in [0.717, 1.165) is 27.8 Å². The first kappa shape index (κ1) is 102. The summed E-state index contributed by atoms with van der Waals surface area (Å²) in [5.41, 5.74) is 33.3. The van der Waals surface area contributed by atoms with Gasteiger partial charge in [-0.15, -0.1) is 0 Å². The van der Waals surface area contributed by atoms with Crippen molar-refractivity contribution in [2.45, 2.75) is 267 Å². The molecule has 700 valence electrons. The predicted molar refractivity (Wildman–Crippen MR) is 493 cm³/mol. The molecule has 3 fully saturated rings. The number of amides is 13. The van der Waals surface area contributed by atoms with Gasteiger partial charge in [0.2, 0.25) is 76.8 Å². The number of unbranched alkanes of at least 4 members (excludes halogenated alkanes) is 1. The monoisotopic (exact) mass is 1780 g/mol. The van der Waals surface area contributed by atoms with Gasteiger partial charge in [0, 0.05) is 32.7 Å². The maximum Gasteiger partial charge on any atom is 0.245 e. The van der Waals surface area contributed by atoms with Crippen molar-refractivity contribution >= 4 is 88.7 Å². The van der Waals surface area contributed by atoms with E-state index in [1.54, 1.807) is 0 Å². The number of hydrogen-bond acceptors (Lipinski definition) is 17. The Hall–Kier alpha value is -12.3. The summed E-state index contributed by atoms with van der Waals surface area (Å²) in [6, 6.07) is 31.0. The average Bonchev–Trinajstić information content (AvgIpc) is 1.74. The molecule has 0 unspecified atom stereocenters. The molecule has 14 atom stereocenters. The second-order valence-corrected chi connectivity index (χ2v) is 34.4. The molecule has 34 nitrogen and oxygen atoms in total. The van der Waals surface area contributed by atoms with Crippen molar-refractivity contribution in [3.63, 3.8) is 0 Å². The summed E-state index contributed by atoms with van der Waals surface area (Å²) in [6.07, 6.45) is 5.74. The van der Waals surface area contributed by atoms with E-state index in [1.165, 1.54) is 14.7 Å². The number of nitrogens with two attached hydrogens (primary N) is 5. The van der Waals surface area contributed by atoms with Gasteiger partial charge >= 0.3 is 0 Å². The summed E-state index contributed by atoms with van der Waals surface area (Å²) in [6.45, 7) is 8.61. The first-order valence-electron chi connectivity index (χ1n) is 45.8. The fourth-order valence-electron chi connectivity index (χ4n) is 16.6. The first-order chi connectivity index (χ1) is 62.0. The third-order valence-electron chi connectivity index (χ3n) is 24.2. The Morgan fingerprint density at radius 1 is 0.357 bits per heavy atom. The van der Waals surface area contributed by atoms with Gasteiger partial charge < -0.3 is 102 Å². The van der Waals surface area contributed by atoms with Crippen molar-refractivity contribution in [3.8, 4) is 0 Å². The lowest BCUT2D eigenvalue weighted by atomic mass is 9.97. The van der Waals surface area contributed by atoms with Crippen LogP contribution in [0.4, 0.5) is 0 Å². The lowest BCUT2D eigenvalue weighted by molar-refractivity contribution is -0.143. The van der Waals surface area contributed by atoms with Gasteiger partial charge in [0.1, 0.15) is 72.5 Å². The number of rotatable bonds is 53. The van der Waals surface area contributed by atoms with Crippen molar-refractivity contribution < 1.29 is 62.3 Å². The van der Waals surface area contributed by atoms with E-state index in [-0.39, 0.29) is 179 Å². The van der Waals surface area contributed by atoms with Gasteiger partial charge in [-0.2, -0.15) is 0 Å². The zero-order valence-electron chi connectivity index (χ0n) is 75.0. The zero-order valence-corrected chi connectivity index (χ0v) is 75.0. The summed E-state index contributed by atoms with van der Waals surface area (Å²) in [4.78, 5) is 197. The van der Waals surface area contributed by atoms with Crippen LogP contribution in [0, 0.1) is 22.7 Å². The minimum absolute atomic E-state index is 0.0173. The van der Waals surface area contributed by atoms with Gasteiger partial charge in [-0.05, 0) is 200 Å². The number of benzene rings is 5. The average molecular weight is 1780 g/mol. The van der Waals surface area contributed by atoms with Crippen LogP contribution in [0.15, 0.2) is 152 Å². The number of nitrogens with one attached hydrogen (secondary N) is 13. The molecule has 3 aliphatic rings. The number of aryl methyl sites for hydroxylation is 5. The Morgan fingerprint density at radius 2 is 0.628 bits per heavy atom. The molecule has 3 saturated heterocycles. The number of primary amides is 1. The number of carbonyl (C=O) groups excluding carboxylic acids is 13. The van der Waals surface area contributed by atoms with Gasteiger partial charge in [0.05, 0.1) is 6.04 Å². The second-order valence-electron chi connectivity index (χ2n) is 34.4. The van der Waals surface area contributed by atoms with E-state index in [9.17, 15) is 28.8 Å². The van der Waals surface area contributed by atoms with Gasteiger partial charge in [0.15, 0.2) is 11.9 Å². The molecule has 5 aromatic rings. The zero-order chi connectivity index (χ0) is 93.3. The summed E-state index contributed by atoms with van der Waals surface area (Å²) >= 11 is 0. The van der Waals surface area contributed by atoms with Crippen LogP contribution >= 0.6 is 0 Å². The van der Waals surface area contributed by atoms with E-state index in [0.29, 0.717) is 44.9 Å². The van der Waals surface area contributed by atoms with Gasteiger partial charge in [-0.25, -0.2) is 0 Å². The van der Waals surface area contributed by atoms with Crippen LogP contribution in [0.5, 0.6) is 0 Å². The molecular weight excluding hydrogens is 1640 g/mol. The van der Waals surface area contributed by atoms with E-state index >= 15 is 33.6 Å². The second kappa shape index (κ2) is 53.5. The van der Waals surface area contributed by atoms with Crippen molar-refractivity contribution in [1.29, 1.82) is 10.8 Å². The highest BCUT2D eigenvalue weighted by Gasteiger charge is 2.45. The number of likely N-dealkylation sites (tertiary alicyclic amines) is 3. The molecule has 0 bridgehead atoms. The van der Waals surface area contributed by atoms with Crippen molar-refractivity contribution in [2.75, 3.05) is 39.3 Å². The highest BCUT2D eigenvalue weighted by Crippen LogP contribution is 2.27. The number of nitrogens with zero attached hydrogens (tertiary/aromatic N) is 3. The molecule has 34 heteroatoms. The van der Waals surface area contributed by atoms with Crippen LogP contribution in [0.3, 0.4) is 0 Å². The van der Waals surface area contributed by atoms with E-state index < -0.39 is 155 Å². The molecule has 0 saturated carbocycles. The molecule has 0 spiro atoms. The summed E-state index contributed by atoms with van der Waals surface area (Å²) in [5.74, 6) is -9.40. The van der Waals surface area contributed by atoms with Crippen LogP contribution in [0.2, 0.25) is 0 Å². The first-order valence-corrected chi connectivity index (χ1v) is 45.8. The van der Waals surface area contributed by atoms with Gasteiger partial charge in [-0.1, -0.05) is 186 Å². The van der Waals surface area contributed by atoms with Crippen LogP contribution in [-0.4, -0.2) is 221 Å². The van der Waals surface area contributed by atoms with Crippen LogP contribution in [0.1, 0.15) is 184 Å². The van der Waals surface area contributed by atoms with Crippen molar-refractivity contribution in [2.24, 2.45) is 40.5 Å². The standard InChI is InChI=1S/C95H137N21O13/c1-5-62(4)80(97)90(126)113-76(60-61(2)3)93(129)116-59-27-43-79(116)89(125)109-71(49-44-63-28-11-6-12-29-63)84(120)106-69(38-21-22-54-96)83(119)111-74(52-47-66-34-17-9-18-35-66)91(127)114-57-26-42-78(114)88(124)110-73(51-46-65-32-15-8-16-33-65)86(122)112-75(53-48-67-36-19-10-20-37-67)92(128)115-58-25-41-77(115)87(123)108-72(50-45-64-30-13-7-14-31-64)85(121)107-70(40-24-56-104-95(101)102)82(118)105-68(81(98)117)39-23-55-103-94(99)100/h6-20,28-37,61-62,68-80H,5,21-27,38-60,96-97H2,1-4H3,(H2,98,117)(H,105,118)(H,106,120)(H,107,121)(H,108,123)(H,109,125)(H,110,124)(H,111,119)(H,112,122)(H,113,126)(H4,99,100,103)(H4,101,102,104)/t62-,68-,69-,70-,71-,72-,73-,74-,75-,76-,77-,78-,79-,80-/m0/s1. The molecule has 8 rings (SSSR count). The largest absolute Gasteiger partial charge is 0.370 e. The van der Waals surface area contributed by atoms with E-state index in [2.05, 4.69) is 58.5 Å². The number of hydrogen-bond donors (Lipinski definition) is 18. The minimum atomic E-state index is -1.33. The molecule has 5 aromatic carbocycles. The molecule has 13 amide bonds. The van der Waals surface area contributed by atoms with Gasteiger partial charge in [0.25, 0.3) is 0 Å². The Balaban J connectivity index is 1.03. The predicted octanol–water partition coefficient (Wildman–Crippen LogP) is 3.05. The quantitative estimate of drug-likeness (QED) is 0.0151. The van der Waals surface area contributed by atoms with E-state index in [4.69, 9.17) is 39.5 Å². The summed E-state index contributed by atoms with van der Waals surface area (Å²) in [7, 11) is 0. The molecule has 23 N–H and O–H groups in total. The highest BCUT2D eigenvalue weighted by molar-refractivity contribution is 6.00. The van der Waals surface area contributed by atoms with Crippen LogP contribution in [0.25, 0.3) is 0 Å². The number of guanidine groups is 2. The molecule has 0 aromatic heterocycles. The SMILES string of the molecule is CC[C@H](C)[C@H](N)C(=O)N[C@@H](CC(C)C)C(=O)N1CCC[C@H]1C(=O)N[C@@H](CCc1ccccc1)C(=O)N[C@@H](CCCCN)C(=O)N[C@@H](CCc1ccccc1)C(=O)N1CCC[C@H]1C(=O)N[C@@H](CCc1ccccc1)C(=O)N[C@@H](CCc1ccccc1)C(=O)N1CCC[C@H]1C(=O)N[C@@H](CCc1ccccc1)C(=O)N[C@@H](CCCNC(=N)N)C(=O)N[C@@H](CCCNC(=N)N)C(N)=O. The fraction of sp³-hybridized carbons (Fsp3) is 0.526. The summed E-state index contributed by atoms with van der Waals surface area (Å²) in [5, 5.41) is 46.6. The van der Waals surface area contributed by atoms with Crippen molar-refractivity contribution in [3.05, 3.63) is 179 Å². The topological polar surface area (TPSA) is 542 Å². The smallest absolute Gasteiger partial charge is 0.245 e. The van der Waals surface area contributed by atoms with Crippen molar-refractivity contribution in [1.82, 2.24) is 73.2 Å². The molecule has 3 heterocycles. The molecule has 129 heavy (non-hydrogen) atoms. The van der Waals surface area contributed by atoms with Gasteiger partial charge in [-0.3, -0.25) is 73.1 Å². The Kier molecular flexibility index (Phi) is 42.3. The molecular formula is C95H137N21O13. The normalized spacial score (nSPS) is 17.3. The fourth-order valence-corrected chi connectivity index (χ4v) is 16.6. The van der Waals surface area contributed by atoms with E-state index in [1.807, 2.05) is 179 Å². The summed E-state index contributed by atoms with van der Waals surface area (Å²) < 4.78 is 0. The Bertz CT molecular complexity index is 4480. The number of carbonyl (C=O) groups is 13. The third-order valence-corrected chi connectivity index (χ3v) is 24.2.